The van der Waals surface area contributed by atoms with E-state index in [1.165, 1.54) is 0 Å². The lowest BCUT2D eigenvalue weighted by Crippen LogP contribution is -2.21. The number of benzene rings is 4. The molecule has 0 saturated carbocycles. The van der Waals surface area contributed by atoms with Crippen LogP contribution in [-0.2, 0) is 11.3 Å². The van der Waals surface area contributed by atoms with Crippen molar-refractivity contribution >= 4 is 55.8 Å². The number of rotatable bonds is 6. The molecule has 0 radical (unpaired) electrons. The molecule has 0 bridgehead atoms. The molecule has 1 heterocycles. The normalized spacial score (nSPS) is 11.8. The van der Waals surface area contributed by atoms with E-state index in [2.05, 4.69) is 39.5 Å². The molecule has 4 aromatic carbocycles. The molecule has 0 atom stereocenters. The molecular weight excluding hydrogens is 452 g/mol. The molecule has 0 spiro atoms. The zero-order chi connectivity index (χ0) is 25.2. The number of aryl methyl sites for hydroxylation is 1. The first-order valence-corrected chi connectivity index (χ1v) is 11.8. The van der Waals surface area contributed by atoms with Crippen LogP contribution < -0.4 is 10.7 Å². The van der Waals surface area contributed by atoms with Crippen molar-refractivity contribution in [3.8, 4) is 5.75 Å². The molecule has 5 aromatic rings. The van der Waals surface area contributed by atoms with Crippen molar-refractivity contribution in [2.24, 2.45) is 5.10 Å². The molecule has 0 unspecified atom stereocenters. The van der Waals surface area contributed by atoms with Crippen molar-refractivity contribution in [2.45, 2.75) is 26.8 Å². The summed E-state index contributed by atoms with van der Waals surface area (Å²) in [5.41, 5.74) is 5.97. The maximum absolute atomic E-state index is 12.6. The van der Waals surface area contributed by atoms with Gasteiger partial charge in [-0.1, -0.05) is 42.5 Å². The largest absolute Gasteiger partial charge is 0.507 e. The summed E-state index contributed by atoms with van der Waals surface area (Å²) in [7, 11) is 0. The van der Waals surface area contributed by atoms with Crippen molar-refractivity contribution < 1.29 is 14.7 Å². The van der Waals surface area contributed by atoms with Crippen LogP contribution in [0.4, 0.5) is 5.69 Å². The molecule has 5 rings (SSSR count). The number of para-hydroxylation sites is 1. The second kappa shape index (κ2) is 9.54. The minimum Gasteiger partial charge on any atom is -0.507 e. The summed E-state index contributed by atoms with van der Waals surface area (Å²) in [6, 6.07) is 24.7. The number of carbonyl (C=O) groups is 2. The molecular formula is C29H26N4O3. The Labute approximate surface area is 208 Å². The number of phenols is 1. The van der Waals surface area contributed by atoms with E-state index in [0.717, 1.165) is 39.1 Å². The smallest absolute Gasteiger partial charge is 0.275 e. The van der Waals surface area contributed by atoms with Crippen molar-refractivity contribution in [1.82, 2.24) is 9.99 Å². The van der Waals surface area contributed by atoms with Crippen LogP contribution in [0.5, 0.6) is 5.75 Å². The van der Waals surface area contributed by atoms with Gasteiger partial charge >= 0.3 is 0 Å². The fourth-order valence-corrected chi connectivity index (χ4v) is 4.57. The fraction of sp³-hybridized carbons (Fsp3) is 0.138. The number of aromatic hydroxyl groups is 1. The SMILES string of the molecule is CCn1c2ccccc2c2cc(NC(=O)CC(C)=NNC(=O)c3cc4ccccc4cc3O)ccc21. The first-order valence-electron chi connectivity index (χ1n) is 11.8. The summed E-state index contributed by atoms with van der Waals surface area (Å²) < 4.78 is 2.25. The van der Waals surface area contributed by atoms with Crippen LogP contribution >= 0.6 is 0 Å². The average Bonchev–Trinajstić information content (AvgIpc) is 3.19. The van der Waals surface area contributed by atoms with Gasteiger partial charge in [-0.05, 0) is 61.0 Å². The standard InChI is InChI=1S/C29H26N4O3/c1-3-33-25-11-7-6-10-22(25)23-17-21(12-13-26(23)33)30-28(35)14-18(2)31-32-29(36)24-15-19-8-4-5-9-20(19)16-27(24)34/h4-13,15-17,34H,3,14H2,1-2H3,(H,30,35)(H,32,36). The van der Waals surface area contributed by atoms with E-state index in [-0.39, 0.29) is 23.6 Å². The van der Waals surface area contributed by atoms with E-state index in [4.69, 9.17) is 0 Å². The Morgan fingerprint density at radius 1 is 0.889 bits per heavy atom. The molecule has 1 aromatic heterocycles. The second-order valence-electron chi connectivity index (χ2n) is 8.72. The van der Waals surface area contributed by atoms with Crippen LogP contribution in [0.2, 0.25) is 0 Å². The molecule has 0 aliphatic heterocycles. The minimum atomic E-state index is -0.546. The highest BCUT2D eigenvalue weighted by atomic mass is 16.3. The van der Waals surface area contributed by atoms with Crippen molar-refractivity contribution in [2.75, 3.05) is 5.32 Å². The van der Waals surface area contributed by atoms with Gasteiger partial charge in [-0.15, -0.1) is 0 Å². The lowest BCUT2D eigenvalue weighted by molar-refractivity contribution is -0.115. The van der Waals surface area contributed by atoms with Crippen molar-refractivity contribution in [3.63, 3.8) is 0 Å². The Hall–Kier alpha value is -4.65. The molecule has 7 heteroatoms. The first kappa shape index (κ1) is 23.1. The number of hydrazone groups is 1. The number of phenolic OH excluding ortho intramolecular Hbond substituents is 1. The zero-order valence-corrected chi connectivity index (χ0v) is 20.1. The van der Waals surface area contributed by atoms with Gasteiger partial charge < -0.3 is 15.0 Å². The summed E-state index contributed by atoms with van der Waals surface area (Å²) in [6.07, 6.45) is 0.0126. The quantitative estimate of drug-likeness (QED) is 0.212. The molecule has 180 valence electrons. The van der Waals surface area contributed by atoms with Gasteiger partial charge in [0.15, 0.2) is 0 Å². The van der Waals surface area contributed by atoms with E-state index in [1.807, 2.05) is 54.6 Å². The number of hydrogen-bond donors (Lipinski definition) is 3. The third-order valence-electron chi connectivity index (χ3n) is 6.25. The van der Waals surface area contributed by atoms with E-state index in [0.29, 0.717) is 11.4 Å². The van der Waals surface area contributed by atoms with E-state index in [1.54, 1.807) is 19.1 Å². The maximum Gasteiger partial charge on any atom is 0.275 e. The van der Waals surface area contributed by atoms with Crippen LogP contribution in [0.1, 0.15) is 30.6 Å². The number of carbonyl (C=O) groups excluding carboxylic acids is 2. The lowest BCUT2D eigenvalue weighted by atomic mass is 10.1. The predicted octanol–water partition coefficient (Wildman–Crippen LogP) is 5.81. The van der Waals surface area contributed by atoms with Crippen LogP contribution in [-0.4, -0.2) is 27.2 Å². The molecule has 0 fully saturated rings. The van der Waals surface area contributed by atoms with E-state index >= 15 is 0 Å². The topological polar surface area (TPSA) is 95.7 Å². The molecule has 36 heavy (non-hydrogen) atoms. The minimum absolute atomic E-state index is 0.0126. The third-order valence-corrected chi connectivity index (χ3v) is 6.25. The van der Waals surface area contributed by atoms with Crippen LogP contribution in [0, 0.1) is 0 Å². The van der Waals surface area contributed by atoms with Gasteiger partial charge in [0.2, 0.25) is 5.91 Å². The first-order chi connectivity index (χ1) is 17.4. The molecule has 2 amide bonds. The predicted molar refractivity (Wildman–Crippen MR) is 145 cm³/mol. The van der Waals surface area contributed by atoms with E-state index in [9.17, 15) is 14.7 Å². The highest BCUT2D eigenvalue weighted by Gasteiger charge is 2.14. The maximum atomic E-state index is 12.6. The van der Waals surface area contributed by atoms with Crippen molar-refractivity contribution in [1.29, 1.82) is 0 Å². The number of hydrogen-bond acceptors (Lipinski definition) is 4. The summed E-state index contributed by atoms with van der Waals surface area (Å²) in [5.74, 6) is -0.912. The van der Waals surface area contributed by atoms with Gasteiger partial charge in [0.1, 0.15) is 5.75 Å². The number of aromatic nitrogens is 1. The summed E-state index contributed by atoms with van der Waals surface area (Å²) >= 11 is 0. The Bertz CT molecular complexity index is 1670. The average molecular weight is 479 g/mol. The Balaban J connectivity index is 1.27. The van der Waals surface area contributed by atoms with Gasteiger partial charge in [0, 0.05) is 39.7 Å². The fourth-order valence-electron chi connectivity index (χ4n) is 4.57. The van der Waals surface area contributed by atoms with Crippen molar-refractivity contribution in [3.05, 3.63) is 84.4 Å². The summed E-state index contributed by atoms with van der Waals surface area (Å²) in [5, 5.41) is 21.1. The van der Waals surface area contributed by atoms with Crippen LogP contribution in [0.15, 0.2) is 84.0 Å². The van der Waals surface area contributed by atoms with Gasteiger partial charge in [0.25, 0.3) is 5.91 Å². The Kier molecular flexibility index (Phi) is 6.12. The molecule has 0 aliphatic carbocycles. The second-order valence-corrected chi connectivity index (χ2v) is 8.72. The Morgan fingerprint density at radius 3 is 2.36 bits per heavy atom. The third kappa shape index (κ3) is 4.38. The lowest BCUT2D eigenvalue weighted by Gasteiger charge is -2.08. The molecule has 7 nitrogen and oxygen atoms in total. The number of anilines is 1. The number of amides is 2. The Morgan fingerprint density at radius 2 is 1.58 bits per heavy atom. The van der Waals surface area contributed by atoms with Gasteiger partial charge in [-0.3, -0.25) is 9.59 Å². The number of fused-ring (bicyclic) bond motifs is 4. The monoisotopic (exact) mass is 478 g/mol. The van der Waals surface area contributed by atoms with Gasteiger partial charge in [0.05, 0.1) is 12.0 Å². The highest BCUT2D eigenvalue weighted by Crippen LogP contribution is 2.31. The highest BCUT2D eigenvalue weighted by molar-refractivity contribution is 6.11. The molecule has 0 aliphatic rings. The summed E-state index contributed by atoms with van der Waals surface area (Å²) in [4.78, 5) is 25.2. The zero-order valence-electron chi connectivity index (χ0n) is 20.1. The van der Waals surface area contributed by atoms with Crippen LogP contribution in [0.25, 0.3) is 32.6 Å². The summed E-state index contributed by atoms with van der Waals surface area (Å²) in [6.45, 7) is 4.63. The van der Waals surface area contributed by atoms with Gasteiger partial charge in [-0.2, -0.15) is 5.10 Å². The number of nitrogens with zero attached hydrogens (tertiary/aromatic N) is 2. The van der Waals surface area contributed by atoms with Crippen LogP contribution in [0.3, 0.4) is 0 Å². The van der Waals surface area contributed by atoms with Gasteiger partial charge in [-0.25, -0.2) is 5.43 Å². The molecule has 3 N–H and O–H groups in total. The molecule has 0 saturated heterocycles. The number of nitrogens with one attached hydrogen (secondary N) is 2. The van der Waals surface area contributed by atoms with E-state index < -0.39 is 5.91 Å².